The van der Waals surface area contributed by atoms with Crippen molar-refractivity contribution in [3.05, 3.63) is 23.8 Å². The summed E-state index contributed by atoms with van der Waals surface area (Å²) < 4.78 is 5.06. The molecule has 0 heterocycles. The minimum atomic E-state index is -0.0680. The molecule has 1 atom stereocenters. The number of rotatable bonds is 7. The summed E-state index contributed by atoms with van der Waals surface area (Å²) in [6.07, 6.45) is 0.577. The summed E-state index contributed by atoms with van der Waals surface area (Å²) in [5, 5.41) is 12.2. The average molecular weight is 252 g/mol. The third-order valence-electron chi connectivity index (χ3n) is 2.65. The van der Waals surface area contributed by atoms with E-state index >= 15 is 0 Å². The van der Waals surface area contributed by atoms with Crippen LogP contribution < -0.4 is 11.1 Å². The summed E-state index contributed by atoms with van der Waals surface area (Å²) in [5.41, 5.74) is 7.49. The summed E-state index contributed by atoms with van der Waals surface area (Å²) in [7, 11) is 1.61. The van der Waals surface area contributed by atoms with Crippen LogP contribution in [-0.2, 0) is 4.74 Å². The molecule has 0 amide bonds. The number of benzene rings is 1. The van der Waals surface area contributed by atoms with E-state index in [1.165, 1.54) is 6.92 Å². The van der Waals surface area contributed by atoms with Crippen molar-refractivity contribution >= 4 is 17.2 Å². The molecule has 1 rings (SSSR count). The third-order valence-corrected chi connectivity index (χ3v) is 2.65. The van der Waals surface area contributed by atoms with Crippen LogP contribution in [0.1, 0.15) is 23.7 Å². The van der Waals surface area contributed by atoms with E-state index in [4.69, 9.17) is 15.6 Å². The van der Waals surface area contributed by atoms with E-state index in [1.807, 2.05) is 6.07 Å². The van der Waals surface area contributed by atoms with Gasteiger partial charge in [-0.2, -0.15) is 0 Å². The quantitative estimate of drug-likeness (QED) is 0.503. The first-order valence-electron chi connectivity index (χ1n) is 5.85. The van der Waals surface area contributed by atoms with Crippen molar-refractivity contribution in [3.8, 4) is 0 Å². The molecule has 5 nitrogen and oxygen atoms in total. The summed E-state index contributed by atoms with van der Waals surface area (Å²) in [4.78, 5) is 11.4. The van der Waals surface area contributed by atoms with Gasteiger partial charge in [0.1, 0.15) is 0 Å². The highest BCUT2D eigenvalue weighted by molar-refractivity contribution is 6.00. The van der Waals surface area contributed by atoms with E-state index in [1.54, 1.807) is 19.2 Å². The number of aliphatic hydroxyl groups excluding tert-OH is 1. The molecule has 1 aromatic rings. The smallest absolute Gasteiger partial charge is 0.161 e. The van der Waals surface area contributed by atoms with Crippen LogP contribution in [0, 0.1) is 0 Å². The number of Topliss-reactive ketones (excluding diaryl/α,β-unsaturated/α-hetero) is 1. The number of nitrogens with two attached hydrogens (primary N) is 1. The number of hydrogen-bond donors (Lipinski definition) is 3. The molecule has 0 spiro atoms. The average Bonchev–Trinajstić information content (AvgIpc) is 2.32. The molecule has 4 N–H and O–H groups in total. The Morgan fingerprint density at radius 1 is 1.56 bits per heavy atom. The molecule has 0 aliphatic rings. The number of anilines is 2. The van der Waals surface area contributed by atoms with Gasteiger partial charge in [-0.15, -0.1) is 0 Å². The Morgan fingerprint density at radius 3 is 2.83 bits per heavy atom. The summed E-state index contributed by atoms with van der Waals surface area (Å²) in [5.74, 6) is -0.0680. The zero-order valence-electron chi connectivity index (χ0n) is 10.8. The van der Waals surface area contributed by atoms with Gasteiger partial charge in [0.05, 0.1) is 12.6 Å². The summed E-state index contributed by atoms with van der Waals surface area (Å²) >= 11 is 0. The van der Waals surface area contributed by atoms with E-state index in [-0.39, 0.29) is 18.4 Å². The Balaban J connectivity index is 2.82. The van der Waals surface area contributed by atoms with Crippen molar-refractivity contribution in [3.63, 3.8) is 0 Å². The van der Waals surface area contributed by atoms with E-state index in [2.05, 4.69) is 5.32 Å². The molecule has 0 saturated carbocycles. The van der Waals surface area contributed by atoms with Gasteiger partial charge in [0, 0.05) is 30.7 Å². The minimum absolute atomic E-state index is 0.00318. The first-order chi connectivity index (χ1) is 8.58. The van der Waals surface area contributed by atoms with Crippen molar-refractivity contribution < 1.29 is 14.6 Å². The zero-order chi connectivity index (χ0) is 13.5. The van der Waals surface area contributed by atoms with Gasteiger partial charge < -0.3 is 20.9 Å². The van der Waals surface area contributed by atoms with Gasteiger partial charge in [-0.1, -0.05) is 0 Å². The Hall–Kier alpha value is -1.59. The van der Waals surface area contributed by atoms with Crippen molar-refractivity contribution in [2.24, 2.45) is 0 Å². The molecule has 0 aliphatic carbocycles. The van der Waals surface area contributed by atoms with E-state index in [0.29, 0.717) is 24.3 Å². The number of nitrogen functional groups attached to an aromatic ring is 1. The fraction of sp³-hybridized carbons (Fsp3) is 0.462. The van der Waals surface area contributed by atoms with Gasteiger partial charge in [-0.05, 0) is 31.5 Å². The predicted octanol–water partition coefficient (Wildman–Crippen LogP) is 1.28. The van der Waals surface area contributed by atoms with Gasteiger partial charge in [-0.25, -0.2) is 0 Å². The lowest BCUT2D eigenvalue weighted by atomic mass is 10.1. The minimum Gasteiger partial charge on any atom is -0.398 e. The SMILES string of the molecule is COCC(CCO)Nc1ccc(N)c(C(C)=O)c1. The van der Waals surface area contributed by atoms with Crippen LogP contribution in [0.4, 0.5) is 11.4 Å². The third kappa shape index (κ3) is 4.01. The Labute approximate surface area is 107 Å². The monoisotopic (exact) mass is 252 g/mol. The lowest BCUT2D eigenvalue weighted by Crippen LogP contribution is -2.26. The number of carbonyl (C=O) groups is 1. The normalized spacial score (nSPS) is 12.2. The van der Waals surface area contributed by atoms with E-state index < -0.39 is 0 Å². The molecule has 18 heavy (non-hydrogen) atoms. The first kappa shape index (κ1) is 14.5. The number of methoxy groups -OCH3 is 1. The molecular weight excluding hydrogens is 232 g/mol. The Morgan fingerprint density at radius 2 is 2.28 bits per heavy atom. The molecule has 100 valence electrons. The fourth-order valence-electron chi connectivity index (χ4n) is 1.74. The highest BCUT2D eigenvalue weighted by Gasteiger charge is 2.10. The van der Waals surface area contributed by atoms with Crippen LogP contribution in [0.2, 0.25) is 0 Å². The molecule has 5 heteroatoms. The molecule has 0 saturated heterocycles. The lowest BCUT2D eigenvalue weighted by molar-refractivity contribution is 0.101. The largest absolute Gasteiger partial charge is 0.398 e. The van der Waals surface area contributed by atoms with Crippen LogP contribution in [0.5, 0.6) is 0 Å². The molecule has 0 radical (unpaired) electrons. The van der Waals surface area contributed by atoms with Crippen LogP contribution in [0.3, 0.4) is 0 Å². The van der Waals surface area contributed by atoms with Crippen LogP contribution in [0.25, 0.3) is 0 Å². The van der Waals surface area contributed by atoms with Crippen molar-refractivity contribution in [1.82, 2.24) is 0 Å². The van der Waals surface area contributed by atoms with Gasteiger partial charge in [-0.3, -0.25) is 4.79 Å². The van der Waals surface area contributed by atoms with Gasteiger partial charge in [0.2, 0.25) is 0 Å². The topological polar surface area (TPSA) is 84.6 Å². The maximum atomic E-state index is 11.4. The number of hydrogen-bond acceptors (Lipinski definition) is 5. The maximum Gasteiger partial charge on any atom is 0.161 e. The molecule has 0 aromatic heterocycles. The van der Waals surface area contributed by atoms with Gasteiger partial charge >= 0.3 is 0 Å². The highest BCUT2D eigenvalue weighted by atomic mass is 16.5. The summed E-state index contributed by atoms with van der Waals surface area (Å²) in [6, 6.07) is 5.23. The molecule has 0 bridgehead atoms. The van der Waals surface area contributed by atoms with Gasteiger partial charge in [0.15, 0.2) is 5.78 Å². The Kier molecular flexibility index (Phi) is 5.61. The van der Waals surface area contributed by atoms with Crippen LogP contribution >= 0.6 is 0 Å². The summed E-state index contributed by atoms with van der Waals surface area (Å²) in [6.45, 7) is 2.05. The van der Waals surface area contributed by atoms with Crippen molar-refractivity contribution in [2.75, 3.05) is 31.4 Å². The second-order valence-corrected chi connectivity index (χ2v) is 4.17. The number of aliphatic hydroxyl groups is 1. The number of nitrogens with one attached hydrogen (secondary N) is 1. The first-order valence-corrected chi connectivity index (χ1v) is 5.85. The van der Waals surface area contributed by atoms with Crippen molar-refractivity contribution in [1.29, 1.82) is 0 Å². The second kappa shape index (κ2) is 6.98. The number of ketones is 1. The fourth-order valence-corrected chi connectivity index (χ4v) is 1.74. The van der Waals surface area contributed by atoms with Crippen molar-refractivity contribution in [2.45, 2.75) is 19.4 Å². The molecular formula is C13H20N2O3. The Bertz CT molecular complexity index is 401. The highest BCUT2D eigenvalue weighted by Crippen LogP contribution is 2.19. The molecule has 0 aliphatic heterocycles. The number of carbonyl (C=O) groups excluding carboxylic acids is 1. The lowest BCUT2D eigenvalue weighted by Gasteiger charge is -2.18. The molecule has 1 aromatic carbocycles. The number of ether oxygens (including phenoxy) is 1. The van der Waals surface area contributed by atoms with Crippen LogP contribution in [0.15, 0.2) is 18.2 Å². The van der Waals surface area contributed by atoms with E-state index in [0.717, 1.165) is 5.69 Å². The molecule has 0 fully saturated rings. The van der Waals surface area contributed by atoms with Gasteiger partial charge in [0.25, 0.3) is 0 Å². The predicted molar refractivity (Wildman–Crippen MR) is 71.8 cm³/mol. The van der Waals surface area contributed by atoms with Crippen LogP contribution in [-0.4, -0.2) is 37.3 Å². The standard InChI is InChI=1S/C13H20N2O3/c1-9(17)12-7-10(3-4-13(12)14)15-11(5-6-16)8-18-2/h3-4,7,11,15-16H,5-6,8,14H2,1-2H3. The molecule has 1 unspecified atom stereocenters. The second-order valence-electron chi connectivity index (χ2n) is 4.17. The van der Waals surface area contributed by atoms with E-state index in [9.17, 15) is 4.79 Å². The maximum absolute atomic E-state index is 11.4. The zero-order valence-corrected chi connectivity index (χ0v) is 10.8.